The van der Waals surface area contributed by atoms with Gasteiger partial charge in [0.1, 0.15) is 0 Å². The quantitative estimate of drug-likeness (QED) is 0.742. The summed E-state index contributed by atoms with van der Waals surface area (Å²) in [5.41, 5.74) is 1.29. The summed E-state index contributed by atoms with van der Waals surface area (Å²) in [5, 5.41) is 10.4. The van der Waals surface area contributed by atoms with Gasteiger partial charge in [-0.15, -0.1) is 10.2 Å². The summed E-state index contributed by atoms with van der Waals surface area (Å²) in [6.07, 6.45) is 2.62. The zero-order valence-electron chi connectivity index (χ0n) is 15.5. The third kappa shape index (κ3) is 4.91. The molecule has 0 unspecified atom stereocenters. The van der Waals surface area contributed by atoms with Crippen LogP contribution < -0.4 is 5.32 Å². The number of hydrogen-bond donors (Lipinski definition) is 1. The van der Waals surface area contributed by atoms with Crippen molar-refractivity contribution in [1.82, 2.24) is 14.5 Å². The Bertz CT molecular complexity index is 873. The highest BCUT2D eigenvalue weighted by Gasteiger charge is 2.32. The summed E-state index contributed by atoms with van der Waals surface area (Å²) < 4.78 is 27.0. The Kier molecular flexibility index (Phi) is 6.23. The molecule has 0 spiro atoms. The van der Waals surface area contributed by atoms with E-state index in [2.05, 4.69) is 27.6 Å². The molecule has 146 valence electrons. The molecule has 1 aromatic heterocycles. The number of piperidine rings is 1. The van der Waals surface area contributed by atoms with Crippen LogP contribution in [0.5, 0.6) is 0 Å². The van der Waals surface area contributed by atoms with Crippen molar-refractivity contribution in [2.75, 3.05) is 18.4 Å². The Morgan fingerprint density at radius 1 is 1.22 bits per heavy atom. The lowest BCUT2D eigenvalue weighted by molar-refractivity contribution is -0.118. The monoisotopic (exact) mass is 408 g/mol. The second-order valence-corrected chi connectivity index (χ2v) is 10.1. The largest absolute Gasteiger partial charge is 0.300 e. The minimum Gasteiger partial charge on any atom is -0.300 e. The van der Waals surface area contributed by atoms with E-state index in [4.69, 9.17) is 0 Å². The van der Waals surface area contributed by atoms with E-state index in [0.29, 0.717) is 19.0 Å². The van der Waals surface area contributed by atoms with E-state index >= 15 is 0 Å². The van der Waals surface area contributed by atoms with Gasteiger partial charge in [0.05, 0.1) is 0 Å². The smallest absolute Gasteiger partial charge is 0.272 e. The molecule has 0 aliphatic carbocycles. The SMILES string of the molecule is CC(C)C(=O)Nc1nnc(S(=O)(=O)N2CCC(Cc3ccccc3)CC2)s1. The van der Waals surface area contributed by atoms with Crippen molar-refractivity contribution in [2.24, 2.45) is 11.8 Å². The number of sulfonamides is 1. The van der Waals surface area contributed by atoms with E-state index in [1.54, 1.807) is 13.8 Å². The minimum absolute atomic E-state index is 0.0666. The van der Waals surface area contributed by atoms with Gasteiger partial charge in [-0.25, -0.2) is 8.42 Å². The van der Waals surface area contributed by atoms with Gasteiger partial charge < -0.3 is 5.32 Å². The van der Waals surface area contributed by atoms with Crippen LogP contribution in [-0.4, -0.2) is 41.9 Å². The fourth-order valence-corrected chi connectivity index (χ4v) is 5.54. The minimum atomic E-state index is -3.67. The molecule has 1 N–H and O–H groups in total. The molecule has 0 atom stereocenters. The van der Waals surface area contributed by atoms with Gasteiger partial charge in [-0.2, -0.15) is 4.31 Å². The third-order valence-corrected chi connectivity index (χ3v) is 7.75. The summed E-state index contributed by atoms with van der Waals surface area (Å²) in [7, 11) is -3.67. The molecule has 0 bridgehead atoms. The Hall–Kier alpha value is -1.84. The van der Waals surface area contributed by atoms with Crippen LogP contribution in [0.15, 0.2) is 34.7 Å². The average molecular weight is 409 g/mol. The lowest BCUT2D eigenvalue weighted by Crippen LogP contribution is -2.38. The number of rotatable bonds is 6. The molecule has 9 heteroatoms. The van der Waals surface area contributed by atoms with Gasteiger partial charge >= 0.3 is 0 Å². The molecule has 1 aliphatic heterocycles. The van der Waals surface area contributed by atoms with Crippen molar-refractivity contribution in [1.29, 1.82) is 0 Å². The number of amides is 1. The first-order valence-corrected chi connectivity index (χ1v) is 11.3. The van der Waals surface area contributed by atoms with Crippen LogP contribution in [-0.2, 0) is 21.2 Å². The van der Waals surface area contributed by atoms with E-state index in [1.165, 1.54) is 9.87 Å². The van der Waals surface area contributed by atoms with E-state index in [-0.39, 0.29) is 21.3 Å². The Balaban J connectivity index is 1.60. The molecule has 3 rings (SSSR count). The first kappa shape index (κ1) is 19.9. The van der Waals surface area contributed by atoms with Crippen LogP contribution >= 0.6 is 11.3 Å². The van der Waals surface area contributed by atoms with Crippen LogP contribution in [0.25, 0.3) is 0 Å². The second kappa shape index (κ2) is 8.45. The predicted octanol–water partition coefficient (Wildman–Crippen LogP) is 2.78. The number of anilines is 1. The zero-order valence-corrected chi connectivity index (χ0v) is 17.1. The number of benzene rings is 1. The Morgan fingerprint density at radius 2 is 1.89 bits per heavy atom. The van der Waals surface area contributed by atoms with E-state index in [9.17, 15) is 13.2 Å². The number of nitrogens with zero attached hydrogens (tertiary/aromatic N) is 3. The van der Waals surface area contributed by atoms with Crippen LogP contribution in [0, 0.1) is 11.8 Å². The highest BCUT2D eigenvalue weighted by molar-refractivity contribution is 7.91. The molecule has 0 radical (unpaired) electrons. The Morgan fingerprint density at radius 3 is 2.52 bits per heavy atom. The van der Waals surface area contributed by atoms with Crippen molar-refractivity contribution in [3.05, 3.63) is 35.9 Å². The van der Waals surface area contributed by atoms with Gasteiger partial charge in [0.25, 0.3) is 10.0 Å². The highest BCUT2D eigenvalue weighted by atomic mass is 32.2. The van der Waals surface area contributed by atoms with E-state index in [0.717, 1.165) is 30.6 Å². The predicted molar refractivity (Wildman–Crippen MR) is 105 cm³/mol. The van der Waals surface area contributed by atoms with Crippen molar-refractivity contribution >= 4 is 32.4 Å². The lowest BCUT2D eigenvalue weighted by atomic mass is 9.91. The van der Waals surface area contributed by atoms with Crippen LogP contribution in [0.4, 0.5) is 5.13 Å². The summed E-state index contributed by atoms with van der Waals surface area (Å²) in [4.78, 5) is 11.7. The van der Waals surface area contributed by atoms with Crippen molar-refractivity contribution in [2.45, 2.75) is 37.4 Å². The topological polar surface area (TPSA) is 92.3 Å². The molecule has 2 aromatic rings. The van der Waals surface area contributed by atoms with Crippen LogP contribution in [0.3, 0.4) is 0 Å². The van der Waals surface area contributed by atoms with Gasteiger partial charge in [-0.05, 0) is 30.7 Å². The zero-order chi connectivity index (χ0) is 19.4. The molecular weight excluding hydrogens is 384 g/mol. The number of carbonyl (C=O) groups excluding carboxylic acids is 1. The molecular formula is C18H24N4O3S2. The maximum Gasteiger partial charge on any atom is 0.272 e. The highest BCUT2D eigenvalue weighted by Crippen LogP contribution is 2.28. The average Bonchev–Trinajstić information content (AvgIpc) is 3.12. The summed E-state index contributed by atoms with van der Waals surface area (Å²) in [6.45, 7) is 4.47. The number of carbonyl (C=O) groups is 1. The second-order valence-electron chi connectivity index (χ2n) is 7.05. The summed E-state index contributed by atoms with van der Waals surface area (Å²) in [6, 6.07) is 10.3. The number of hydrogen-bond acceptors (Lipinski definition) is 6. The fraction of sp³-hybridized carbons (Fsp3) is 0.500. The lowest BCUT2D eigenvalue weighted by Gasteiger charge is -2.30. The van der Waals surface area contributed by atoms with Gasteiger partial charge in [0.15, 0.2) is 0 Å². The molecule has 0 saturated carbocycles. The molecule has 2 heterocycles. The fourth-order valence-electron chi connectivity index (χ4n) is 3.03. The van der Waals surface area contributed by atoms with Crippen molar-refractivity contribution in [3.63, 3.8) is 0 Å². The molecule has 1 fully saturated rings. The number of aromatic nitrogens is 2. The first-order valence-electron chi connectivity index (χ1n) is 9.04. The van der Waals surface area contributed by atoms with Gasteiger partial charge in [-0.1, -0.05) is 55.5 Å². The summed E-state index contributed by atoms with van der Waals surface area (Å²) in [5.74, 6) is 0.0589. The molecule has 27 heavy (non-hydrogen) atoms. The molecule has 1 aliphatic rings. The molecule has 1 saturated heterocycles. The van der Waals surface area contributed by atoms with Crippen molar-refractivity contribution in [3.8, 4) is 0 Å². The van der Waals surface area contributed by atoms with Gasteiger partial charge in [0.2, 0.25) is 15.4 Å². The Labute approximate surface area is 163 Å². The third-order valence-electron chi connectivity index (χ3n) is 4.66. The molecule has 1 amide bonds. The van der Waals surface area contributed by atoms with Gasteiger partial charge in [0, 0.05) is 19.0 Å². The molecule has 7 nitrogen and oxygen atoms in total. The maximum atomic E-state index is 12.8. The first-order chi connectivity index (χ1) is 12.9. The standard InChI is InChI=1S/C18H24N4O3S2/c1-13(2)16(23)19-17-20-21-18(26-17)27(24,25)22-10-8-15(9-11-22)12-14-6-4-3-5-7-14/h3-7,13,15H,8-12H2,1-2H3,(H,19,20,23). The summed E-state index contributed by atoms with van der Waals surface area (Å²) >= 11 is 0.899. The van der Waals surface area contributed by atoms with Crippen LogP contribution in [0.1, 0.15) is 32.3 Å². The number of nitrogens with one attached hydrogen (secondary N) is 1. The van der Waals surface area contributed by atoms with Crippen LogP contribution in [0.2, 0.25) is 0 Å². The van der Waals surface area contributed by atoms with E-state index in [1.807, 2.05) is 18.2 Å². The maximum absolute atomic E-state index is 12.8. The van der Waals surface area contributed by atoms with Crippen molar-refractivity contribution < 1.29 is 13.2 Å². The molecule has 1 aromatic carbocycles. The van der Waals surface area contributed by atoms with E-state index < -0.39 is 10.0 Å². The normalized spacial score (nSPS) is 16.6. The van der Waals surface area contributed by atoms with Gasteiger partial charge in [-0.3, -0.25) is 4.79 Å².